The number of anilines is 1. The lowest BCUT2D eigenvalue weighted by Crippen LogP contribution is -2.74. The Labute approximate surface area is 200 Å². The maximum Gasteiger partial charge on any atom is 0.123 e. The first kappa shape index (κ1) is 23.6. The molecule has 0 spiro atoms. The molecule has 5 aliphatic rings. The van der Waals surface area contributed by atoms with E-state index in [1.807, 2.05) is 12.3 Å². The smallest absolute Gasteiger partial charge is 0.123 e. The number of aliphatic hydroxyl groups excluding tert-OH is 1. The number of rotatable bonds is 6. The zero-order valence-corrected chi connectivity index (χ0v) is 20.6. The number of aliphatic hydroxyl groups is 1. The lowest BCUT2D eigenvalue weighted by molar-refractivity contribution is -0.312. The van der Waals surface area contributed by atoms with E-state index in [-0.39, 0.29) is 23.3 Å². The number of aromatic nitrogens is 1. The number of nitrogen functional groups attached to an aromatic ring is 1. The van der Waals surface area contributed by atoms with Crippen LogP contribution in [0.1, 0.15) is 96.0 Å². The highest BCUT2D eigenvalue weighted by atomic mass is 16.5. The van der Waals surface area contributed by atoms with Crippen LogP contribution in [0, 0.1) is 23.7 Å². The highest BCUT2D eigenvalue weighted by molar-refractivity contribution is 5.29. The number of fused-ring (bicyclic) bond motifs is 3. The van der Waals surface area contributed by atoms with Gasteiger partial charge in [-0.05, 0) is 94.1 Å². The summed E-state index contributed by atoms with van der Waals surface area (Å²) in [6.45, 7) is 2.58. The van der Waals surface area contributed by atoms with Gasteiger partial charge in [0.2, 0.25) is 0 Å². The maximum atomic E-state index is 9.98. The van der Waals surface area contributed by atoms with Gasteiger partial charge in [0.25, 0.3) is 0 Å². The van der Waals surface area contributed by atoms with E-state index in [0.717, 1.165) is 25.7 Å². The third kappa shape index (κ3) is 4.34. The monoisotopic (exact) mass is 455 g/mol. The van der Waals surface area contributed by atoms with Gasteiger partial charge in [0.05, 0.1) is 11.2 Å². The van der Waals surface area contributed by atoms with Crippen molar-refractivity contribution in [3.05, 3.63) is 23.9 Å². The molecule has 5 heteroatoms. The second-order valence-corrected chi connectivity index (χ2v) is 12.2. The molecule has 33 heavy (non-hydrogen) atoms. The molecule has 3 heterocycles. The molecule has 0 amide bonds. The summed E-state index contributed by atoms with van der Waals surface area (Å²) in [4.78, 5) is 4.31. The SMILES string of the molecule is CC1(C2CCCCC2)OC2(C3CCCC(Cc4ccc(N)nc4)C3)CCC1C(N)(CCO)C2. The standard InChI is InChI=1S/C28H45N3O2/c1-26(22-7-3-2-4-8-22)24-12-13-28(33-26,19-27(24,30)14-15-32)23-9-5-6-20(17-23)16-21-10-11-25(29)31-18-21/h10-11,18,20,22-24,32H,2-9,12-17,19,30H2,1H3,(H2,29,31). The van der Waals surface area contributed by atoms with Crippen LogP contribution in [0.2, 0.25) is 0 Å². The topological polar surface area (TPSA) is 94.4 Å². The molecule has 6 atom stereocenters. The van der Waals surface area contributed by atoms with E-state index >= 15 is 0 Å². The van der Waals surface area contributed by atoms with Crippen molar-refractivity contribution in [1.82, 2.24) is 4.98 Å². The summed E-state index contributed by atoms with van der Waals surface area (Å²) >= 11 is 0. The Bertz CT molecular complexity index is 810. The Balaban J connectivity index is 1.39. The predicted octanol–water partition coefficient (Wildman–Crippen LogP) is 5.00. The predicted molar refractivity (Wildman–Crippen MR) is 133 cm³/mol. The first-order chi connectivity index (χ1) is 15.9. The van der Waals surface area contributed by atoms with Crippen molar-refractivity contribution in [2.24, 2.45) is 29.4 Å². The van der Waals surface area contributed by atoms with Gasteiger partial charge in [0, 0.05) is 24.3 Å². The number of hydrogen-bond donors (Lipinski definition) is 3. The molecular weight excluding hydrogens is 410 g/mol. The Morgan fingerprint density at radius 1 is 1.06 bits per heavy atom. The summed E-state index contributed by atoms with van der Waals surface area (Å²) in [5.41, 5.74) is 13.8. The van der Waals surface area contributed by atoms with Crippen molar-refractivity contribution in [1.29, 1.82) is 0 Å². The van der Waals surface area contributed by atoms with Crippen molar-refractivity contribution < 1.29 is 9.84 Å². The largest absolute Gasteiger partial charge is 0.396 e. The van der Waals surface area contributed by atoms with Crippen LogP contribution in [-0.2, 0) is 11.2 Å². The fourth-order valence-corrected chi connectivity index (χ4v) is 8.69. The first-order valence-corrected chi connectivity index (χ1v) is 13.7. The molecule has 184 valence electrons. The van der Waals surface area contributed by atoms with E-state index in [0.29, 0.717) is 35.9 Å². The maximum absolute atomic E-state index is 9.98. The van der Waals surface area contributed by atoms with Crippen LogP contribution in [-0.4, -0.2) is 33.4 Å². The van der Waals surface area contributed by atoms with Gasteiger partial charge in [0.15, 0.2) is 0 Å². The lowest BCUT2D eigenvalue weighted by Gasteiger charge is -2.68. The number of ether oxygens (including phenoxy) is 1. The van der Waals surface area contributed by atoms with Crippen LogP contribution < -0.4 is 11.5 Å². The molecular formula is C28H45N3O2. The first-order valence-electron chi connectivity index (χ1n) is 13.7. The molecule has 6 rings (SSSR count). The van der Waals surface area contributed by atoms with Crippen molar-refractivity contribution in [2.75, 3.05) is 12.3 Å². The number of pyridine rings is 1. The molecule has 0 aromatic carbocycles. The lowest BCUT2D eigenvalue weighted by atomic mass is 9.50. The molecule has 5 N–H and O–H groups in total. The van der Waals surface area contributed by atoms with Crippen LogP contribution in [0.3, 0.4) is 0 Å². The molecule has 1 aromatic heterocycles. The molecule has 3 saturated carbocycles. The average molecular weight is 456 g/mol. The Hall–Kier alpha value is -1.17. The van der Waals surface area contributed by atoms with E-state index in [4.69, 9.17) is 16.2 Å². The van der Waals surface area contributed by atoms with Crippen molar-refractivity contribution in [3.63, 3.8) is 0 Å². The minimum absolute atomic E-state index is 0.122. The van der Waals surface area contributed by atoms with Gasteiger partial charge < -0.3 is 21.3 Å². The quantitative estimate of drug-likeness (QED) is 0.561. The van der Waals surface area contributed by atoms with Crippen LogP contribution in [0.25, 0.3) is 0 Å². The van der Waals surface area contributed by atoms with Gasteiger partial charge in [-0.15, -0.1) is 0 Å². The fraction of sp³-hybridized carbons (Fsp3) is 0.821. The number of hydrogen-bond acceptors (Lipinski definition) is 5. The zero-order valence-electron chi connectivity index (χ0n) is 20.6. The van der Waals surface area contributed by atoms with Gasteiger partial charge in [-0.2, -0.15) is 0 Å². The Morgan fingerprint density at radius 3 is 2.58 bits per heavy atom. The van der Waals surface area contributed by atoms with E-state index in [1.54, 1.807) is 0 Å². The summed E-state index contributed by atoms with van der Waals surface area (Å²) < 4.78 is 7.41. The summed E-state index contributed by atoms with van der Waals surface area (Å²) in [5, 5.41) is 9.98. The normalized spacial score (nSPS) is 41.8. The zero-order chi connectivity index (χ0) is 23.1. The molecule has 1 aromatic rings. The van der Waals surface area contributed by atoms with Gasteiger partial charge in [-0.1, -0.05) is 38.2 Å². The average Bonchev–Trinajstić information content (AvgIpc) is 2.81. The third-order valence-corrected chi connectivity index (χ3v) is 10.2. The van der Waals surface area contributed by atoms with Crippen LogP contribution in [0.4, 0.5) is 5.82 Å². The third-order valence-electron chi connectivity index (χ3n) is 10.2. The van der Waals surface area contributed by atoms with Gasteiger partial charge in [0.1, 0.15) is 5.82 Å². The molecule has 3 aliphatic carbocycles. The molecule has 0 radical (unpaired) electrons. The van der Waals surface area contributed by atoms with Gasteiger partial charge in [-0.25, -0.2) is 4.98 Å². The highest BCUT2D eigenvalue weighted by Gasteiger charge is 2.65. The molecule has 5 fully saturated rings. The number of nitrogens with zero attached hydrogens (tertiary/aromatic N) is 1. The second kappa shape index (κ2) is 9.13. The van der Waals surface area contributed by atoms with Crippen LogP contribution in [0.5, 0.6) is 0 Å². The molecule has 6 unspecified atom stereocenters. The summed E-state index contributed by atoms with van der Waals surface area (Å²) in [7, 11) is 0. The minimum Gasteiger partial charge on any atom is -0.396 e. The van der Waals surface area contributed by atoms with Crippen molar-refractivity contribution in [2.45, 2.75) is 114 Å². The Kier molecular flexibility index (Phi) is 6.52. The highest BCUT2D eigenvalue weighted by Crippen LogP contribution is 2.62. The van der Waals surface area contributed by atoms with Gasteiger partial charge in [-0.3, -0.25) is 0 Å². The second-order valence-electron chi connectivity index (χ2n) is 12.2. The fourth-order valence-electron chi connectivity index (χ4n) is 8.69. The number of nitrogens with two attached hydrogens (primary N) is 2. The summed E-state index contributed by atoms with van der Waals surface area (Å²) in [6, 6.07) is 4.06. The summed E-state index contributed by atoms with van der Waals surface area (Å²) in [6.07, 6.45) is 18.5. The summed E-state index contributed by atoms with van der Waals surface area (Å²) in [5.74, 6) is 2.79. The van der Waals surface area contributed by atoms with Gasteiger partial charge >= 0.3 is 0 Å². The Morgan fingerprint density at radius 2 is 1.85 bits per heavy atom. The van der Waals surface area contributed by atoms with Crippen LogP contribution >= 0.6 is 0 Å². The van der Waals surface area contributed by atoms with E-state index in [1.165, 1.54) is 63.4 Å². The molecule has 2 bridgehead atoms. The van der Waals surface area contributed by atoms with Crippen molar-refractivity contribution >= 4 is 5.82 Å². The van der Waals surface area contributed by atoms with E-state index < -0.39 is 0 Å². The van der Waals surface area contributed by atoms with Crippen LogP contribution in [0.15, 0.2) is 18.3 Å². The van der Waals surface area contributed by atoms with Crippen molar-refractivity contribution in [3.8, 4) is 0 Å². The van der Waals surface area contributed by atoms with E-state index in [9.17, 15) is 5.11 Å². The molecule has 2 aliphatic heterocycles. The molecule has 5 nitrogen and oxygen atoms in total. The van der Waals surface area contributed by atoms with E-state index in [2.05, 4.69) is 18.0 Å². The molecule has 2 saturated heterocycles. The minimum atomic E-state index is -0.300.